The number of nitrogens with two attached hydrogens (primary N) is 1. The van der Waals surface area contributed by atoms with Crippen LogP contribution in [-0.4, -0.2) is 31.9 Å². The Morgan fingerprint density at radius 1 is 1.29 bits per heavy atom. The third kappa shape index (κ3) is 3.11. The van der Waals surface area contributed by atoms with Gasteiger partial charge in [0.05, 0.1) is 4.90 Å². The smallest absolute Gasteiger partial charge is 0.243 e. The second kappa shape index (κ2) is 5.54. The lowest BCUT2D eigenvalue weighted by atomic mass is 10.3. The summed E-state index contributed by atoms with van der Waals surface area (Å²) in [6.45, 7) is 0.886. The van der Waals surface area contributed by atoms with Crippen LogP contribution < -0.4 is 5.73 Å². The van der Waals surface area contributed by atoms with Crippen molar-refractivity contribution in [3.63, 3.8) is 0 Å². The lowest BCUT2D eigenvalue weighted by molar-refractivity contribution is 0.472. The van der Waals surface area contributed by atoms with Crippen molar-refractivity contribution in [3.05, 3.63) is 29.3 Å². The molecule has 1 aromatic rings. The number of rotatable bonds is 2. The largest absolute Gasteiger partial charge is 0.326 e. The van der Waals surface area contributed by atoms with E-state index in [4.69, 9.17) is 17.3 Å². The van der Waals surface area contributed by atoms with Crippen molar-refractivity contribution < 1.29 is 8.42 Å². The summed E-state index contributed by atoms with van der Waals surface area (Å²) in [6.07, 6.45) is 0.715. The van der Waals surface area contributed by atoms with Gasteiger partial charge in [0.25, 0.3) is 0 Å². The monoisotopic (exact) mass is 296 g/mol. The molecule has 96 valence electrons. The van der Waals surface area contributed by atoms with E-state index in [1.165, 1.54) is 16.4 Å². The van der Waals surface area contributed by atoms with E-state index in [1.54, 1.807) is 12.1 Å². The van der Waals surface area contributed by atoms with Gasteiger partial charge in [0.2, 0.25) is 10.0 Å². The van der Waals surface area contributed by atoms with Crippen LogP contribution in [0.5, 0.6) is 0 Å². The molecule has 0 bridgehead atoms. The van der Waals surface area contributed by atoms with Crippen LogP contribution in [0.3, 0.4) is 0 Å². The van der Waals surface area contributed by atoms with Gasteiger partial charge >= 0.3 is 0 Å². The third-order valence-electron chi connectivity index (χ3n) is 2.64. The minimum absolute atomic E-state index is 0. The molecule has 1 aromatic carbocycles. The minimum Gasteiger partial charge on any atom is -0.326 e. The Balaban J connectivity index is 0.00000144. The van der Waals surface area contributed by atoms with E-state index in [0.29, 0.717) is 24.5 Å². The fraction of sp³-hybridized carbons (Fsp3) is 0.400. The first-order valence-corrected chi connectivity index (χ1v) is 6.83. The van der Waals surface area contributed by atoms with E-state index in [-0.39, 0.29) is 23.3 Å². The summed E-state index contributed by atoms with van der Waals surface area (Å²) in [4.78, 5) is 0.269. The van der Waals surface area contributed by atoms with Crippen molar-refractivity contribution in [2.24, 2.45) is 5.73 Å². The van der Waals surface area contributed by atoms with Crippen LogP contribution in [0.15, 0.2) is 29.2 Å². The first-order valence-electron chi connectivity index (χ1n) is 5.01. The molecule has 0 aliphatic carbocycles. The normalized spacial score (nSPS) is 21.2. The highest BCUT2D eigenvalue weighted by Gasteiger charge is 2.30. The van der Waals surface area contributed by atoms with Crippen molar-refractivity contribution in [3.8, 4) is 0 Å². The Bertz CT molecular complexity index is 476. The first-order chi connectivity index (χ1) is 7.50. The Labute approximate surface area is 112 Å². The highest BCUT2D eigenvalue weighted by Crippen LogP contribution is 2.21. The molecule has 2 rings (SSSR count). The van der Waals surface area contributed by atoms with Crippen molar-refractivity contribution in [1.29, 1.82) is 0 Å². The maximum absolute atomic E-state index is 12.1. The van der Waals surface area contributed by atoms with Gasteiger partial charge in [0.1, 0.15) is 0 Å². The summed E-state index contributed by atoms with van der Waals surface area (Å²) in [7, 11) is -3.39. The minimum atomic E-state index is -3.39. The van der Waals surface area contributed by atoms with E-state index < -0.39 is 10.0 Å². The fourth-order valence-electron chi connectivity index (χ4n) is 1.73. The molecule has 0 radical (unpaired) electrons. The zero-order chi connectivity index (χ0) is 11.8. The number of hydrogen-bond donors (Lipinski definition) is 1. The second-order valence-electron chi connectivity index (χ2n) is 3.87. The molecule has 1 heterocycles. The maximum Gasteiger partial charge on any atom is 0.243 e. The number of benzene rings is 1. The quantitative estimate of drug-likeness (QED) is 0.899. The van der Waals surface area contributed by atoms with Gasteiger partial charge in [0, 0.05) is 24.2 Å². The molecule has 1 fully saturated rings. The number of nitrogens with zero attached hydrogens (tertiary/aromatic N) is 1. The van der Waals surface area contributed by atoms with Crippen molar-refractivity contribution in [2.75, 3.05) is 13.1 Å². The second-order valence-corrected chi connectivity index (χ2v) is 6.24. The summed E-state index contributed by atoms with van der Waals surface area (Å²) < 4.78 is 25.7. The summed E-state index contributed by atoms with van der Waals surface area (Å²) >= 11 is 5.72. The van der Waals surface area contributed by atoms with Gasteiger partial charge in [-0.05, 0) is 30.7 Å². The topological polar surface area (TPSA) is 63.4 Å². The molecule has 0 amide bonds. The zero-order valence-corrected chi connectivity index (χ0v) is 11.4. The summed E-state index contributed by atoms with van der Waals surface area (Å²) in [6, 6.07) is 6.12. The first kappa shape index (κ1) is 14.7. The van der Waals surface area contributed by atoms with Gasteiger partial charge in [0.15, 0.2) is 0 Å². The molecule has 2 N–H and O–H groups in total. The molecule has 1 aliphatic rings. The van der Waals surface area contributed by atoms with Crippen LogP contribution in [0.1, 0.15) is 6.42 Å². The highest BCUT2D eigenvalue weighted by atomic mass is 35.5. The third-order valence-corrected chi connectivity index (χ3v) is 4.77. The summed E-state index contributed by atoms with van der Waals surface area (Å²) in [5.41, 5.74) is 5.70. The fourth-order valence-corrected chi connectivity index (χ4v) is 3.37. The average Bonchev–Trinajstić information content (AvgIpc) is 2.66. The molecule has 1 aliphatic heterocycles. The van der Waals surface area contributed by atoms with Crippen LogP contribution in [-0.2, 0) is 10.0 Å². The Hall–Kier alpha value is -0.330. The predicted octanol–water partition coefficient (Wildman–Crippen LogP) is 1.48. The summed E-state index contributed by atoms with van der Waals surface area (Å²) in [5, 5.41) is 0.525. The van der Waals surface area contributed by atoms with Gasteiger partial charge < -0.3 is 5.73 Å². The van der Waals surface area contributed by atoms with Gasteiger partial charge in [-0.2, -0.15) is 4.31 Å². The van der Waals surface area contributed by atoms with E-state index in [9.17, 15) is 8.42 Å². The van der Waals surface area contributed by atoms with Crippen molar-refractivity contribution in [1.82, 2.24) is 4.31 Å². The molecular weight excluding hydrogens is 283 g/mol. The Morgan fingerprint density at radius 3 is 2.35 bits per heavy atom. The lowest BCUT2D eigenvalue weighted by Gasteiger charge is -2.15. The number of halogens is 2. The molecule has 17 heavy (non-hydrogen) atoms. The Morgan fingerprint density at radius 2 is 1.88 bits per heavy atom. The Kier molecular flexibility index (Phi) is 4.80. The van der Waals surface area contributed by atoms with Crippen molar-refractivity contribution >= 4 is 34.0 Å². The maximum atomic E-state index is 12.1. The van der Waals surface area contributed by atoms with Crippen LogP contribution in [0.25, 0.3) is 0 Å². The zero-order valence-electron chi connectivity index (χ0n) is 9.04. The molecule has 7 heteroatoms. The molecule has 4 nitrogen and oxygen atoms in total. The van der Waals surface area contributed by atoms with Gasteiger partial charge in [-0.25, -0.2) is 8.42 Å². The molecule has 1 unspecified atom stereocenters. The SMILES string of the molecule is Cl.NC1CCN(S(=O)(=O)c2ccc(Cl)cc2)C1. The molecule has 1 atom stereocenters. The van der Waals surface area contributed by atoms with Gasteiger partial charge in [-0.3, -0.25) is 0 Å². The number of sulfonamides is 1. The lowest BCUT2D eigenvalue weighted by Crippen LogP contribution is -2.31. The molecular formula is C10H14Cl2N2O2S. The summed E-state index contributed by atoms with van der Waals surface area (Å²) in [5.74, 6) is 0. The molecule has 0 aromatic heterocycles. The molecule has 0 spiro atoms. The standard InChI is InChI=1S/C10H13ClN2O2S.ClH/c11-8-1-3-10(4-2-8)16(14,15)13-6-5-9(12)7-13;/h1-4,9H,5-7,12H2;1H. The van der Waals surface area contributed by atoms with Gasteiger partial charge in [-0.15, -0.1) is 12.4 Å². The number of hydrogen-bond acceptors (Lipinski definition) is 3. The van der Waals surface area contributed by atoms with Crippen LogP contribution in [0.4, 0.5) is 0 Å². The van der Waals surface area contributed by atoms with Gasteiger partial charge in [-0.1, -0.05) is 11.6 Å². The van der Waals surface area contributed by atoms with E-state index in [2.05, 4.69) is 0 Å². The van der Waals surface area contributed by atoms with E-state index in [0.717, 1.165) is 0 Å². The van der Waals surface area contributed by atoms with E-state index in [1.807, 2.05) is 0 Å². The van der Waals surface area contributed by atoms with Crippen molar-refractivity contribution in [2.45, 2.75) is 17.4 Å². The highest BCUT2D eigenvalue weighted by molar-refractivity contribution is 7.89. The van der Waals surface area contributed by atoms with E-state index >= 15 is 0 Å². The van der Waals surface area contributed by atoms with Crippen LogP contribution in [0.2, 0.25) is 5.02 Å². The van der Waals surface area contributed by atoms with Crippen LogP contribution >= 0.6 is 24.0 Å². The van der Waals surface area contributed by atoms with Crippen LogP contribution in [0, 0.1) is 0 Å². The average molecular weight is 297 g/mol. The predicted molar refractivity (Wildman–Crippen MR) is 70.1 cm³/mol. The molecule has 0 saturated carbocycles. The molecule has 1 saturated heterocycles.